The number of hydrogen-bond acceptors (Lipinski definition) is 6. The number of nitrogens with zero attached hydrogens (tertiary/aromatic N) is 5. The zero-order valence-corrected chi connectivity index (χ0v) is 14.1. The summed E-state index contributed by atoms with van der Waals surface area (Å²) in [7, 11) is 1.91. The van der Waals surface area contributed by atoms with Crippen molar-refractivity contribution >= 4 is 17.7 Å². The first-order valence-corrected chi connectivity index (χ1v) is 8.88. The predicted molar refractivity (Wildman–Crippen MR) is 91.0 cm³/mol. The summed E-state index contributed by atoms with van der Waals surface area (Å²) in [5, 5.41) is 9.67. The van der Waals surface area contributed by atoms with Crippen molar-refractivity contribution < 1.29 is 9.90 Å². The fourth-order valence-corrected chi connectivity index (χ4v) is 4.15. The number of anilines is 2. The van der Waals surface area contributed by atoms with Crippen molar-refractivity contribution in [3.8, 4) is 0 Å². The van der Waals surface area contributed by atoms with Gasteiger partial charge in [-0.25, -0.2) is 4.98 Å². The van der Waals surface area contributed by atoms with Crippen LogP contribution in [0.2, 0.25) is 0 Å². The van der Waals surface area contributed by atoms with Gasteiger partial charge in [-0.05, 0) is 31.2 Å². The molecule has 3 aliphatic rings. The Morgan fingerprint density at radius 2 is 1.92 bits per heavy atom. The second kappa shape index (κ2) is 6.20. The molecule has 1 aromatic heterocycles. The van der Waals surface area contributed by atoms with Crippen LogP contribution < -0.4 is 9.80 Å². The minimum atomic E-state index is -0.183. The maximum absolute atomic E-state index is 11.9. The molecule has 0 aromatic carbocycles. The second-order valence-electron chi connectivity index (χ2n) is 7.20. The fraction of sp³-hybridized carbons (Fsp3) is 0.706. The first kappa shape index (κ1) is 15.6. The topological polar surface area (TPSA) is 72.8 Å². The summed E-state index contributed by atoms with van der Waals surface area (Å²) in [6, 6.07) is 2.22. The number of hydrogen-bond donors (Lipinski definition) is 1. The van der Waals surface area contributed by atoms with Gasteiger partial charge in [-0.15, -0.1) is 0 Å². The van der Waals surface area contributed by atoms with Gasteiger partial charge in [-0.3, -0.25) is 4.79 Å². The highest BCUT2D eigenvalue weighted by Gasteiger charge is 2.41. The number of amides is 1. The van der Waals surface area contributed by atoms with E-state index in [-0.39, 0.29) is 18.1 Å². The van der Waals surface area contributed by atoms with Crippen LogP contribution in [0.3, 0.4) is 0 Å². The fourth-order valence-electron chi connectivity index (χ4n) is 4.15. The molecule has 0 radical (unpaired) electrons. The molecule has 7 heteroatoms. The highest BCUT2D eigenvalue weighted by Crippen LogP contribution is 2.32. The second-order valence-corrected chi connectivity index (χ2v) is 7.20. The summed E-state index contributed by atoms with van der Waals surface area (Å²) < 4.78 is 0. The summed E-state index contributed by atoms with van der Waals surface area (Å²) in [4.78, 5) is 27.5. The highest BCUT2D eigenvalue weighted by molar-refractivity contribution is 5.79. The van der Waals surface area contributed by atoms with Gasteiger partial charge in [0.05, 0.1) is 12.1 Å². The minimum Gasteiger partial charge on any atom is -0.393 e. The van der Waals surface area contributed by atoms with E-state index in [1.807, 2.05) is 24.2 Å². The van der Waals surface area contributed by atoms with Crippen LogP contribution in [-0.2, 0) is 4.79 Å². The Morgan fingerprint density at radius 1 is 1.17 bits per heavy atom. The molecule has 2 atom stereocenters. The van der Waals surface area contributed by atoms with Crippen molar-refractivity contribution in [3.63, 3.8) is 0 Å². The van der Waals surface area contributed by atoms with Crippen LogP contribution in [-0.4, -0.2) is 71.3 Å². The number of aliphatic hydroxyl groups excluding tert-OH is 1. The van der Waals surface area contributed by atoms with Crippen LogP contribution in [0.5, 0.6) is 0 Å². The molecule has 0 unspecified atom stereocenters. The maximum atomic E-state index is 11.9. The van der Waals surface area contributed by atoms with E-state index >= 15 is 0 Å². The van der Waals surface area contributed by atoms with Gasteiger partial charge in [0.1, 0.15) is 5.82 Å². The van der Waals surface area contributed by atoms with Gasteiger partial charge in [0.15, 0.2) is 0 Å². The third kappa shape index (κ3) is 2.81. The summed E-state index contributed by atoms with van der Waals surface area (Å²) in [6.45, 7) is 3.39. The third-order valence-corrected chi connectivity index (χ3v) is 5.75. The Kier molecular flexibility index (Phi) is 4.04. The smallest absolute Gasteiger partial charge is 0.227 e. The first-order chi connectivity index (χ1) is 11.6. The number of carbonyl (C=O) groups is 1. The van der Waals surface area contributed by atoms with E-state index in [9.17, 15) is 9.90 Å². The highest BCUT2D eigenvalue weighted by atomic mass is 16.3. The number of aromatic nitrogens is 2. The van der Waals surface area contributed by atoms with Crippen molar-refractivity contribution in [1.29, 1.82) is 0 Å². The zero-order valence-electron chi connectivity index (χ0n) is 14.1. The molecular weight excluding hydrogens is 306 g/mol. The Hall–Kier alpha value is -1.89. The first-order valence-electron chi connectivity index (χ1n) is 8.88. The van der Waals surface area contributed by atoms with Gasteiger partial charge in [0.25, 0.3) is 0 Å². The Morgan fingerprint density at radius 3 is 2.71 bits per heavy atom. The molecule has 0 aliphatic carbocycles. The van der Waals surface area contributed by atoms with Crippen molar-refractivity contribution in [2.24, 2.45) is 5.92 Å². The van der Waals surface area contributed by atoms with E-state index < -0.39 is 0 Å². The normalized spacial score (nSPS) is 28.4. The quantitative estimate of drug-likeness (QED) is 0.851. The minimum absolute atomic E-state index is 0.183. The molecule has 0 bridgehead atoms. The zero-order chi connectivity index (χ0) is 16.7. The van der Waals surface area contributed by atoms with Gasteiger partial charge in [-0.2, -0.15) is 4.98 Å². The standard InChI is InChI=1S/C17H25N5O2/c1-20-14-11-22(7-3-12(14)10-16(20)24)17-18-6-2-15(19-17)21-8-4-13(23)5-9-21/h2,6,12-14,23H,3-5,7-11H2,1H3/t12-,14-/m1/s1. The van der Waals surface area contributed by atoms with Crippen molar-refractivity contribution in [2.45, 2.75) is 37.8 Å². The largest absolute Gasteiger partial charge is 0.393 e. The number of carbonyl (C=O) groups excluding carboxylic acids is 1. The van der Waals surface area contributed by atoms with Crippen LogP contribution >= 0.6 is 0 Å². The predicted octanol–water partition coefficient (Wildman–Crippen LogP) is 0.495. The Labute approximate surface area is 142 Å². The summed E-state index contributed by atoms with van der Waals surface area (Å²) in [5.41, 5.74) is 0. The number of rotatable bonds is 2. The molecule has 0 spiro atoms. The van der Waals surface area contributed by atoms with Crippen LogP contribution in [0.4, 0.5) is 11.8 Å². The number of fused-ring (bicyclic) bond motifs is 1. The lowest BCUT2D eigenvalue weighted by Gasteiger charge is -2.37. The van der Waals surface area contributed by atoms with E-state index in [0.29, 0.717) is 12.3 Å². The van der Waals surface area contributed by atoms with Crippen molar-refractivity contribution in [3.05, 3.63) is 12.3 Å². The van der Waals surface area contributed by atoms with Crippen molar-refractivity contribution in [2.75, 3.05) is 43.0 Å². The van der Waals surface area contributed by atoms with Crippen LogP contribution in [0, 0.1) is 5.92 Å². The van der Waals surface area contributed by atoms with E-state index in [2.05, 4.69) is 14.8 Å². The third-order valence-electron chi connectivity index (χ3n) is 5.75. The summed E-state index contributed by atoms with van der Waals surface area (Å²) >= 11 is 0. The van der Waals surface area contributed by atoms with Gasteiger partial charge < -0.3 is 19.8 Å². The average molecular weight is 331 g/mol. The molecule has 4 heterocycles. The van der Waals surface area contributed by atoms with Gasteiger partial charge in [0, 0.05) is 45.8 Å². The van der Waals surface area contributed by atoms with E-state index in [1.165, 1.54) is 0 Å². The molecule has 3 aliphatic heterocycles. The Bertz CT molecular complexity index is 617. The van der Waals surface area contributed by atoms with Gasteiger partial charge in [-0.1, -0.05) is 0 Å². The molecule has 0 saturated carbocycles. The molecule has 24 heavy (non-hydrogen) atoms. The van der Waals surface area contributed by atoms with Crippen LogP contribution in [0.25, 0.3) is 0 Å². The molecular formula is C17H25N5O2. The SMILES string of the molecule is CN1C(=O)C[C@H]2CCN(c3nccc(N4CCC(O)CC4)n3)C[C@H]21. The maximum Gasteiger partial charge on any atom is 0.227 e. The lowest BCUT2D eigenvalue weighted by molar-refractivity contribution is -0.127. The monoisotopic (exact) mass is 331 g/mol. The van der Waals surface area contributed by atoms with Crippen molar-refractivity contribution in [1.82, 2.24) is 14.9 Å². The average Bonchev–Trinajstić information content (AvgIpc) is 2.90. The van der Waals surface area contributed by atoms with E-state index in [1.54, 1.807) is 0 Å². The molecule has 4 rings (SSSR count). The molecule has 3 saturated heterocycles. The molecule has 3 fully saturated rings. The molecule has 1 amide bonds. The number of likely N-dealkylation sites (tertiary alicyclic amines) is 1. The summed E-state index contributed by atoms with van der Waals surface area (Å²) in [5.74, 6) is 2.42. The molecule has 1 aromatic rings. The van der Waals surface area contributed by atoms with Gasteiger partial charge >= 0.3 is 0 Å². The number of aliphatic hydroxyl groups is 1. The lowest BCUT2D eigenvalue weighted by atomic mass is 9.92. The number of likely N-dealkylation sites (N-methyl/N-ethyl adjacent to an activating group) is 1. The van der Waals surface area contributed by atoms with E-state index in [0.717, 1.165) is 57.2 Å². The number of piperidine rings is 2. The molecule has 1 N–H and O–H groups in total. The molecule has 130 valence electrons. The lowest BCUT2D eigenvalue weighted by Crippen LogP contribution is -2.48. The van der Waals surface area contributed by atoms with Crippen LogP contribution in [0.1, 0.15) is 25.7 Å². The van der Waals surface area contributed by atoms with Gasteiger partial charge in [0.2, 0.25) is 11.9 Å². The van der Waals surface area contributed by atoms with Crippen LogP contribution in [0.15, 0.2) is 12.3 Å². The Balaban J connectivity index is 1.49. The molecule has 7 nitrogen and oxygen atoms in total. The summed E-state index contributed by atoms with van der Waals surface area (Å²) in [6.07, 6.45) is 4.92. The van der Waals surface area contributed by atoms with E-state index in [4.69, 9.17) is 4.98 Å².